The lowest BCUT2D eigenvalue weighted by molar-refractivity contribution is 0.647. The van der Waals surface area contributed by atoms with Gasteiger partial charge < -0.3 is 9.55 Å². The molecule has 1 aliphatic rings. The van der Waals surface area contributed by atoms with Crippen molar-refractivity contribution >= 4 is 23.3 Å². The third-order valence-corrected chi connectivity index (χ3v) is 4.38. The van der Waals surface area contributed by atoms with Crippen LogP contribution in [-0.2, 0) is 20.0 Å². The van der Waals surface area contributed by atoms with E-state index in [0.717, 1.165) is 35.4 Å². The van der Waals surface area contributed by atoms with Crippen molar-refractivity contribution in [1.29, 1.82) is 0 Å². The van der Waals surface area contributed by atoms with Gasteiger partial charge in [0, 0.05) is 19.3 Å². The van der Waals surface area contributed by atoms with Crippen molar-refractivity contribution in [3.63, 3.8) is 0 Å². The Balaban J connectivity index is 2.12. The second kappa shape index (κ2) is 4.77. The number of hydrogen-bond donors (Lipinski definition) is 1. The molecule has 7 heteroatoms. The van der Waals surface area contributed by atoms with Crippen molar-refractivity contribution in [1.82, 2.24) is 29.3 Å². The largest absolute Gasteiger partial charge is 0.344 e. The molecule has 0 saturated carbocycles. The molecule has 0 amide bonds. The van der Waals surface area contributed by atoms with Gasteiger partial charge in [-0.15, -0.1) is 0 Å². The minimum Gasteiger partial charge on any atom is -0.344 e. The van der Waals surface area contributed by atoms with E-state index >= 15 is 0 Å². The Hall–Kier alpha value is -2.02. The molecule has 0 saturated heterocycles. The molecule has 0 fully saturated rings. The summed E-state index contributed by atoms with van der Waals surface area (Å²) in [6.45, 7) is 0.988. The summed E-state index contributed by atoms with van der Waals surface area (Å²) in [6, 6.07) is 0. The van der Waals surface area contributed by atoms with Gasteiger partial charge in [0.25, 0.3) is 0 Å². The van der Waals surface area contributed by atoms with E-state index in [1.807, 2.05) is 7.05 Å². The van der Waals surface area contributed by atoms with Crippen molar-refractivity contribution in [3.8, 4) is 11.4 Å². The SMILES string of the molecule is Cn1cnc(-c2c3n(c4c(=S)nc[nH]c24)CCCCC3)n1. The summed E-state index contributed by atoms with van der Waals surface area (Å²) in [4.78, 5) is 11.9. The molecule has 21 heavy (non-hydrogen) atoms. The average Bonchev–Trinajstić information content (AvgIpc) is 2.92. The highest BCUT2D eigenvalue weighted by Crippen LogP contribution is 2.34. The molecular weight excluding hydrogens is 284 g/mol. The van der Waals surface area contributed by atoms with E-state index in [9.17, 15) is 0 Å². The summed E-state index contributed by atoms with van der Waals surface area (Å²) in [5.41, 5.74) is 4.40. The van der Waals surface area contributed by atoms with Gasteiger partial charge in [0.15, 0.2) is 10.5 Å². The minimum absolute atomic E-state index is 0.647. The molecule has 4 rings (SSSR count). The second-order valence-electron chi connectivity index (χ2n) is 5.46. The smallest absolute Gasteiger partial charge is 0.185 e. The van der Waals surface area contributed by atoms with Crippen LogP contribution < -0.4 is 0 Å². The second-order valence-corrected chi connectivity index (χ2v) is 5.84. The van der Waals surface area contributed by atoms with Crippen LogP contribution in [-0.4, -0.2) is 29.3 Å². The first kappa shape index (κ1) is 12.7. The van der Waals surface area contributed by atoms with Crippen molar-refractivity contribution < 1.29 is 0 Å². The fourth-order valence-corrected chi connectivity index (χ4v) is 3.45. The molecule has 6 nitrogen and oxygen atoms in total. The third kappa shape index (κ3) is 1.91. The number of aromatic nitrogens is 6. The maximum absolute atomic E-state index is 5.45. The zero-order valence-electron chi connectivity index (χ0n) is 11.8. The van der Waals surface area contributed by atoms with Crippen LogP contribution in [0.2, 0.25) is 0 Å². The Bertz CT molecular complexity index is 871. The highest BCUT2D eigenvalue weighted by molar-refractivity contribution is 7.71. The van der Waals surface area contributed by atoms with Gasteiger partial charge in [-0.05, 0) is 19.3 Å². The quantitative estimate of drug-likeness (QED) is 0.702. The van der Waals surface area contributed by atoms with E-state index in [0.29, 0.717) is 4.64 Å². The van der Waals surface area contributed by atoms with Crippen LogP contribution in [0.4, 0.5) is 0 Å². The van der Waals surface area contributed by atoms with E-state index in [2.05, 4.69) is 24.6 Å². The maximum atomic E-state index is 5.45. The number of nitrogens with zero attached hydrogens (tertiary/aromatic N) is 5. The van der Waals surface area contributed by atoms with Gasteiger partial charge in [0.05, 0.1) is 17.4 Å². The van der Waals surface area contributed by atoms with Crippen molar-refractivity contribution in [2.45, 2.75) is 32.2 Å². The van der Waals surface area contributed by atoms with Crippen LogP contribution >= 0.6 is 12.2 Å². The summed E-state index contributed by atoms with van der Waals surface area (Å²) in [6.07, 6.45) is 8.04. The summed E-state index contributed by atoms with van der Waals surface area (Å²) in [5.74, 6) is 0.759. The van der Waals surface area contributed by atoms with Crippen molar-refractivity contribution in [2.75, 3.05) is 0 Å². The molecule has 0 unspecified atom stereocenters. The predicted molar refractivity (Wildman–Crippen MR) is 82.5 cm³/mol. The van der Waals surface area contributed by atoms with Gasteiger partial charge in [-0.2, -0.15) is 5.10 Å². The fourth-order valence-electron chi connectivity index (χ4n) is 3.19. The van der Waals surface area contributed by atoms with E-state index < -0.39 is 0 Å². The average molecular weight is 300 g/mol. The molecule has 0 aliphatic carbocycles. The van der Waals surface area contributed by atoms with E-state index in [-0.39, 0.29) is 0 Å². The molecule has 4 heterocycles. The van der Waals surface area contributed by atoms with Gasteiger partial charge in [0.1, 0.15) is 11.8 Å². The highest BCUT2D eigenvalue weighted by Gasteiger charge is 2.23. The monoisotopic (exact) mass is 300 g/mol. The van der Waals surface area contributed by atoms with Gasteiger partial charge in [0.2, 0.25) is 0 Å². The minimum atomic E-state index is 0.647. The lowest BCUT2D eigenvalue weighted by atomic mass is 10.1. The first-order valence-electron chi connectivity index (χ1n) is 7.20. The van der Waals surface area contributed by atoms with Crippen LogP contribution in [0.15, 0.2) is 12.7 Å². The van der Waals surface area contributed by atoms with E-state index in [4.69, 9.17) is 12.2 Å². The van der Waals surface area contributed by atoms with Crippen LogP contribution in [0.3, 0.4) is 0 Å². The molecule has 0 radical (unpaired) electrons. The summed E-state index contributed by atoms with van der Waals surface area (Å²) in [5, 5.41) is 4.49. The zero-order chi connectivity index (χ0) is 14.4. The number of hydrogen-bond acceptors (Lipinski definition) is 4. The van der Waals surface area contributed by atoms with Crippen LogP contribution in [0, 0.1) is 4.64 Å². The first-order chi connectivity index (χ1) is 10.3. The number of nitrogens with one attached hydrogen (secondary N) is 1. The number of rotatable bonds is 1. The number of H-pyrrole nitrogens is 1. The normalized spacial score (nSPS) is 15.1. The Kier molecular flexibility index (Phi) is 2.88. The molecule has 3 aromatic heterocycles. The van der Waals surface area contributed by atoms with Crippen LogP contribution in [0.1, 0.15) is 25.0 Å². The highest BCUT2D eigenvalue weighted by atomic mass is 32.1. The Labute approximate surface area is 126 Å². The van der Waals surface area contributed by atoms with Crippen molar-refractivity contribution in [2.24, 2.45) is 7.05 Å². The van der Waals surface area contributed by atoms with Crippen LogP contribution in [0.25, 0.3) is 22.4 Å². The third-order valence-electron chi connectivity index (χ3n) is 4.08. The molecule has 0 spiro atoms. The Morgan fingerprint density at radius 1 is 1.24 bits per heavy atom. The predicted octanol–water partition coefficient (Wildman–Crippen LogP) is 2.62. The summed E-state index contributed by atoms with van der Waals surface area (Å²) >= 11 is 5.45. The number of aromatic amines is 1. The molecule has 0 atom stereocenters. The van der Waals surface area contributed by atoms with Gasteiger partial charge in [-0.3, -0.25) is 4.68 Å². The maximum Gasteiger partial charge on any atom is 0.185 e. The van der Waals surface area contributed by atoms with Crippen LogP contribution in [0.5, 0.6) is 0 Å². The molecular formula is C14H16N6S. The zero-order valence-corrected chi connectivity index (χ0v) is 12.7. The lowest BCUT2D eigenvalue weighted by Gasteiger charge is -2.05. The van der Waals surface area contributed by atoms with Gasteiger partial charge in [-0.1, -0.05) is 18.6 Å². The van der Waals surface area contributed by atoms with E-state index in [1.165, 1.54) is 25.0 Å². The molecule has 0 bridgehead atoms. The topological polar surface area (TPSA) is 64.3 Å². The Morgan fingerprint density at radius 2 is 2.14 bits per heavy atom. The molecule has 3 aromatic rings. The molecule has 1 N–H and O–H groups in total. The van der Waals surface area contributed by atoms with Gasteiger partial charge >= 0.3 is 0 Å². The molecule has 0 aromatic carbocycles. The van der Waals surface area contributed by atoms with E-state index in [1.54, 1.807) is 17.3 Å². The molecule has 1 aliphatic heterocycles. The standard InChI is InChI=1S/C14H16N6S/c1-19-8-17-13(18-19)10-9-5-3-2-4-6-20(9)12-11(10)15-7-16-14(12)21/h7-8H,2-6H2,1H3,(H,15,16,21). The first-order valence-corrected chi connectivity index (χ1v) is 7.61. The summed E-state index contributed by atoms with van der Waals surface area (Å²) < 4.78 is 4.70. The van der Waals surface area contributed by atoms with Crippen molar-refractivity contribution in [3.05, 3.63) is 23.0 Å². The number of fused-ring (bicyclic) bond motifs is 3. The fraction of sp³-hybridized carbons (Fsp3) is 0.429. The summed E-state index contributed by atoms with van der Waals surface area (Å²) in [7, 11) is 1.89. The molecule has 108 valence electrons. The number of aryl methyl sites for hydroxylation is 2. The van der Waals surface area contributed by atoms with Gasteiger partial charge in [-0.25, -0.2) is 9.97 Å². The Morgan fingerprint density at radius 3 is 2.95 bits per heavy atom. The lowest BCUT2D eigenvalue weighted by Crippen LogP contribution is -2.01.